The summed E-state index contributed by atoms with van der Waals surface area (Å²) in [6.45, 7) is 2.28. The van der Waals surface area contributed by atoms with E-state index in [9.17, 15) is 9.59 Å². The SMILES string of the molecule is COC(=O)c1ccc(C)c(-n2ccnc(NC3(c4ccccc4OCCCl)CC3)c2=O)c1. The quantitative estimate of drug-likeness (QED) is 0.409. The van der Waals surface area contributed by atoms with E-state index in [4.69, 9.17) is 21.1 Å². The molecule has 1 aromatic heterocycles. The first-order chi connectivity index (χ1) is 15.5. The summed E-state index contributed by atoms with van der Waals surface area (Å²) in [5, 5.41) is 3.36. The van der Waals surface area contributed by atoms with Crippen LogP contribution in [-0.2, 0) is 10.3 Å². The van der Waals surface area contributed by atoms with Crippen LogP contribution in [0.15, 0.2) is 59.7 Å². The number of aryl methyl sites for hydroxylation is 1. The lowest BCUT2D eigenvalue weighted by Gasteiger charge is -2.22. The minimum absolute atomic E-state index is 0.236. The fourth-order valence-corrected chi connectivity index (χ4v) is 3.83. The molecule has 0 spiro atoms. The predicted molar refractivity (Wildman–Crippen MR) is 123 cm³/mol. The van der Waals surface area contributed by atoms with Gasteiger partial charge in [-0.1, -0.05) is 24.3 Å². The van der Waals surface area contributed by atoms with E-state index in [1.165, 1.54) is 11.7 Å². The van der Waals surface area contributed by atoms with Crippen LogP contribution in [0, 0.1) is 6.92 Å². The lowest BCUT2D eigenvalue weighted by atomic mass is 10.0. The first-order valence-electron chi connectivity index (χ1n) is 10.3. The van der Waals surface area contributed by atoms with Crippen LogP contribution in [0.5, 0.6) is 5.75 Å². The maximum absolute atomic E-state index is 13.3. The van der Waals surface area contributed by atoms with Gasteiger partial charge in [-0.2, -0.15) is 0 Å². The van der Waals surface area contributed by atoms with Crippen LogP contribution < -0.4 is 15.6 Å². The Morgan fingerprint density at radius 1 is 1.25 bits per heavy atom. The van der Waals surface area contributed by atoms with E-state index < -0.39 is 11.5 Å². The van der Waals surface area contributed by atoms with Gasteiger partial charge in [-0.25, -0.2) is 9.78 Å². The minimum Gasteiger partial charge on any atom is -0.492 e. The lowest BCUT2D eigenvalue weighted by Crippen LogP contribution is -2.29. The van der Waals surface area contributed by atoms with Crippen molar-refractivity contribution in [3.8, 4) is 11.4 Å². The van der Waals surface area contributed by atoms with Crippen molar-refractivity contribution in [3.05, 3.63) is 81.9 Å². The van der Waals surface area contributed by atoms with Crippen molar-refractivity contribution < 1.29 is 14.3 Å². The Balaban J connectivity index is 1.70. The number of nitrogens with one attached hydrogen (secondary N) is 1. The Labute approximate surface area is 191 Å². The molecule has 7 nitrogen and oxygen atoms in total. The number of para-hydroxylation sites is 1. The van der Waals surface area contributed by atoms with Gasteiger partial charge in [0.2, 0.25) is 0 Å². The van der Waals surface area contributed by atoms with E-state index in [-0.39, 0.29) is 11.4 Å². The molecule has 0 unspecified atom stereocenters. The summed E-state index contributed by atoms with van der Waals surface area (Å²) in [5.41, 5.74) is 2.07. The number of hydrogen-bond acceptors (Lipinski definition) is 6. The van der Waals surface area contributed by atoms with E-state index in [0.717, 1.165) is 29.7 Å². The highest BCUT2D eigenvalue weighted by atomic mass is 35.5. The van der Waals surface area contributed by atoms with Crippen LogP contribution >= 0.6 is 11.6 Å². The molecule has 4 rings (SSSR count). The first kappa shape index (κ1) is 21.9. The zero-order chi connectivity index (χ0) is 22.7. The fourth-order valence-electron chi connectivity index (χ4n) is 3.75. The molecule has 0 aliphatic heterocycles. The number of carbonyl (C=O) groups is 1. The minimum atomic E-state index is -0.461. The normalized spacial score (nSPS) is 14.0. The van der Waals surface area contributed by atoms with Gasteiger partial charge in [-0.15, -0.1) is 11.6 Å². The monoisotopic (exact) mass is 453 g/mol. The molecule has 1 N–H and O–H groups in total. The molecule has 3 aromatic rings. The molecule has 2 aromatic carbocycles. The van der Waals surface area contributed by atoms with Crippen LogP contribution in [0.4, 0.5) is 5.82 Å². The summed E-state index contributed by atoms with van der Waals surface area (Å²) < 4.78 is 12.1. The van der Waals surface area contributed by atoms with E-state index in [2.05, 4.69) is 10.3 Å². The number of rotatable bonds is 8. The second-order valence-corrected chi connectivity index (χ2v) is 8.06. The Morgan fingerprint density at radius 2 is 2.03 bits per heavy atom. The number of methoxy groups -OCH3 is 1. The molecule has 8 heteroatoms. The highest BCUT2D eigenvalue weighted by Gasteiger charge is 2.47. The lowest BCUT2D eigenvalue weighted by molar-refractivity contribution is 0.0600. The van der Waals surface area contributed by atoms with Gasteiger partial charge in [0, 0.05) is 18.0 Å². The van der Waals surface area contributed by atoms with Gasteiger partial charge in [0.05, 0.1) is 29.8 Å². The maximum Gasteiger partial charge on any atom is 0.337 e. The molecule has 0 amide bonds. The summed E-state index contributed by atoms with van der Waals surface area (Å²) in [6.07, 6.45) is 4.86. The van der Waals surface area contributed by atoms with Crippen LogP contribution in [0.25, 0.3) is 5.69 Å². The number of nitrogens with zero attached hydrogens (tertiary/aromatic N) is 2. The Hall–Kier alpha value is -3.32. The molecule has 1 aliphatic carbocycles. The smallest absolute Gasteiger partial charge is 0.337 e. The molecule has 166 valence electrons. The van der Waals surface area contributed by atoms with Crippen molar-refractivity contribution in [2.45, 2.75) is 25.3 Å². The molecule has 0 bridgehead atoms. The number of esters is 1. The number of aromatic nitrogens is 2. The van der Waals surface area contributed by atoms with Crippen LogP contribution in [0.2, 0.25) is 0 Å². The molecule has 1 fully saturated rings. The molecule has 0 saturated heterocycles. The first-order valence-corrected chi connectivity index (χ1v) is 10.9. The summed E-state index contributed by atoms with van der Waals surface area (Å²) >= 11 is 5.79. The molecular formula is C24H24ClN3O4. The third-order valence-electron chi connectivity index (χ3n) is 5.58. The predicted octanol–water partition coefficient (Wildman–Crippen LogP) is 4.05. The standard InChI is InChI=1S/C24H24ClN3O4/c1-16-7-8-17(23(30)31-2)15-19(16)28-13-12-26-21(22(28)29)27-24(9-10-24)18-5-3-4-6-20(18)32-14-11-25/h3-8,12-13,15H,9-11,14H2,1-2H3,(H,26,27). The maximum atomic E-state index is 13.3. The molecule has 0 radical (unpaired) electrons. The van der Waals surface area contributed by atoms with Gasteiger partial charge in [0.25, 0.3) is 5.56 Å². The Morgan fingerprint density at radius 3 is 2.75 bits per heavy atom. The van der Waals surface area contributed by atoms with Crippen molar-refractivity contribution in [1.82, 2.24) is 9.55 Å². The van der Waals surface area contributed by atoms with E-state index in [0.29, 0.717) is 23.7 Å². The van der Waals surface area contributed by atoms with Gasteiger partial charge in [-0.05, 0) is 43.5 Å². The van der Waals surface area contributed by atoms with Gasteiger partial charge in [-0.3, -0.25) is 9.36 Å². The molecular weight excluding hydrogens is 430 g/mol. The fraction of sp³-hybridized carbons (Fsp3) is 0.292. The third kappa shape index (κ3) is 4.21. The zero-order valence-electron chi connectivity index (χ0n) is 17.9. The van der Waals surface area contributed by atoms with Gasteiger partial charge in [0.1, 0.15) is 12.4 Å². The Kier molecular flexibility index (Phi) is 6.19. The van der Waals surface area contributed by atoms with E-state index in [1.54, 1.807) is 30.6 Å². The number of hydrogen-bond donors (Lipinski definition) is 1. The summed E-state index contributed by atoms with van der Waals surface area (Å²) in [7, 11) is 1.33. The average molecular weight is 454 g/mol. The summed E-state index contributed by atoms with van der Waals surface area (Å²) in [5.74, 6) is 0.914. The van der Waals surface area contributed by atoms with Crippen molar-refractivity contribution >= 4 is 23.4 Å². The Bertz CT molecular complexity index is 1200. The largest absolute Gasteiger partial charge is 0.492 e. The van der Waals surface area contributed by atoms with E-state index >= 15 is 0 Å². The molecule has 1 saturated carbocycles. The zero-order valence-corrected chi connectivity index (χ0v) is 18.7. The average Bonchev–Trinajstić information content (AvgIpc) is 3.60. The van der Waals surface area contributed by atoms with Gasteiger partial charge >= 0.3 is 5.97 Å². The van der Waals surface area contributed by atoms with Crippen molar-refractivity contribution in [3.63, 3.8) is 0 Å². The van der Waals surface area contributed by atoms with Crippen LogP contribution in [0.3, 0.4) is 0 Å². The van der Waals surface area contributed by atoms with Crippen LogP contribution in [0.1, 0.15) is 34.3 Å². The molecule has 1 heterocycles. The summed E-state index contributed by atoms with van der Waals surface area (Å²) in [6, 6.07) is 12.9. The van der Waals surface area contributed by atoms with Crippen molar-refractivity contribution in [1.29, 1.82) is 0 Å². The number of alkyl halides is 1. The second kappa shape index (κ2) is 9.04. The van der Waals surface area contributed by atoms with Crippen molar-refractivity contribution in [2.75, 3.05) is 24.9 Å². The third-order valence-corrected chi connectivity index (χ3v) is 5.73. The highest BCUT2D eigenvalue weighted by molar-refractivity contribution is 6.18. The summed E-state index contributed by atoms with van der Waals surface area (Å²) in [4.78, 5) is 29.6. The van der Waals surface area contributed by atoms with Crippen molar-refractivity contribution in [2.24, 2.45) is 0 Å². The highest BCUT2D eigenvalue weighted by Crippen LogP contribution is 2.50. The number of carbonyl (C=O) groups excluding carboxylic acids is 1. The van der Waals surface area contributed by atoms with Gasteiger partial charge < -0.3 is 14.8 Å². The number of benzene rings is 2. The molecule has 0 atom stereocenters. The number of anilines is 1. The van der Waals surface area contributed by atoms with E-state index in [1.807, 2.05) is 31.2 Å². The van der Waals surface area contributed by atoms with Gasteiger partial charge in [0.15, 0.2) is 5.82 Å². The number of ether oxygens (including phenoxy) is 2. The second-order valence-electron chi connectivity index (χ2n) is 7.68. The van der Waals surface area contributed by atoms with Crippen LogP contribution in [-0.4, -0.2) is 35.1 Å². The number of halogens is 1. The topological polar surface area (TPSA) is 82.5 Å². The molecule has 32 heavy (non-hydrogen) atoms. The molecule has 1 aliphatic rings.